The molecule has 0 saturated carbocycles. The van der Waals surface area contributed by atoms with E-state index in [1.54, 1.807) is 0 Å². The lowest BCUT2D eigenvalue weighted by Crippen LogP contribution is -2.23. The van der Waals surface area contributed by atoms with Crippen LogP contribution in [0.25, 0.3) is 0 Å². The molecule has 3 heteroatoms. The third-order valence-electron chi connectivity index (χ3n) is 1.03. The molecule has 0 unspecified atom stereocenters. The Bertz CT molecular complexity index is 88.6. The van der Waals surface area contributed by atoms with Crippen molar-refractivity contribution >= 4 is 15.6 Å². The molecule has 0 amide bonds. The molecule has 0 heterocycles. The molecule has 0 aliphatic rings. The fourth-order valence-corrected chi connectivity index (χ4v) is 1.61. The second kappa shape index (κ2) is 4.06. The zero-order chi connectivity index (χ0) is 6.57. The Morgan fingerprint density at radius 2 is 1.62 bits per heavy atom. The maximum Gasteiger partial charge on any atom is 0.0774 e. The van der Waals surface area contributed by atoms with Gasteiger partial charge in [-0.05, 0) is 11.5 Å². The molecule has 0 saturated heterocycles. The molecular weight excluding hydrogens is 120 g/mol. The summed E-state index contributed by atoms with van der Waals surface area (Å²) >= 11 is 0. The van der Waals surface area contributed by atoms with Crippen LogP contribution < -0.4 is 11.5 Å². The molecular formula is C5H14N2S. The lowest BCUT2D eigenvalue weighted by molar-refractivity contribution is 1.45. The first-order valence-electron chi connectivity index (χ1n) is 2.77. The summed E-state index contributed by atoms with van der Waals surface area (Å²) in [5, 5.41) is 0.606. The summed E-state index contributed by atoms with van der Waals surface area (Å²) in [6, 6.07) is 0. The predicted molar refractivity (Wildman–Crippen MR) is 42.1 cm³/mol. The van der Waals surface area contributed by atoms with Gasteiger partial charge in [0.2, 0.25) is 0 Å². The van der Waals surface area contributed by atoms with Crippen LogP contribution in [0.3, 0.4) is 0 Å². The quantitative estimate of drug-likeness (QED) is 0.534. The lowest BCUT2D eigenvalue weighted by atomic mass is 11.0. The molecule has 4 N–H and O–H groups in total. The Morgan fingerprint density at radius 1 is 1.25 bits per heavy atom. The minimum absolute atomic E-state index is 0.182. The highest BCUT2D eigenvalue weighted by molar-refractivity contribution is 8.15. The maximum absolute atomic E-state index is 5.36. The summed E-state index contributed by atoms with van der Waals surface area (Å²) in [5.74, 6) is 2.16. The normalized spacial score (nSPS) is 10.1. The van der Waals surface area contributed by atoms with Gasteiger partial charge < -0.3 is 0 Å². The number of rotatable bonds is 2. The molecule has 50 valence electrons. The molecule has 2 nitrogen and oxygen atoms in total. The van der Waals surface area contributed by atoms with Crippen molar-refractivity contribution in [3.63, 3.8) is 0 Å². The zero-order valence-corrected chi connectivity index (χ0v) is 6.29. The van der Waals surface area contributed by atoms with E-state index in [1.807, 2.05) is 0 Å². The summed E-state index contributed by atoms with van der Waals surface area (Å²) in [7, 11) is 0.182. The van der Waals surface area contributed by atoms with Crippen molar-refractivity contribution in [1.29, 1.82) is 0 Å². The summed E-state index contributed by atoms with van der Waals surface area (Å²) < 4.78 is 0. The maximum atomic E-state index is 5.36. The van der Waals surface area contributed by atoms with E-state index < -0.39 is 0 Å². The number of hydrogen-bond donors (Lipinski definition) is 2. The van der Waals surface area contributed by atoms with Gasteiger partial charge in [0.25, 0.3) is 0 Å². The van der Waals surface area contributed by atoms with Crippen molar-refractivity contribution in [1.82, 2.24) is 0 Å². The Kier molecular flexibility index (Phi) is 4.13. The molecule has 0 spiro atoms. The molecule has 0 bridgehead atoms. The summed E-state index contributed by atoms with van der Waals surface area (Å²) in [6.07, 6.45) is 0. The highest BCUT2D eigenvalue weighted by Gasteiger charge is 1.88. The van der Waals surface area contributed by atoms with Crippen molar-refractivity contribution in [3.8, 4) is 0 Å². The first kappa shape index (κ1) is 8.14. The minimum atomic E-state index is 0.182. The van der Waals surface area contributed by atoms with Gasteiger partial charge in [0, 0.05) is 0 Å². The van der Waals surface area contributed by atoms with Gasteiger partial charge in [0.1, 0.15) is 0 Å². The van der Waals surface area contributed by atoms with E-state index in [4.69, 9.17) is 11.5 Å². The van der Waals surface area contributed by atoms with Crippen LogP contribution >= 0.6 is 10.5 Å². The molecule has 0 aromatic rings. The fraction of sp³-hybridized carbons (Fsp3) is 0.800. The van der Waals surface area contributed by atoms with Crippen LogP contribution in [-0.2, 0) is 0 Å². The highest BCUT2D eigenvalue weighted by atomic mass is 32.2. The monoisotopic (exact) mass is 134 g/mol. The van der Waals surface area contributed by atoms with Crippen LogP contribution in [0.5, 0.6) is 0 Å². The van der Waals surface area contributed by atoms with Crippen LogP contribution in [0.4, 0.5) is 0 Å². The van der Waals surface area contributed by atoms with Gasteiger partial charge in [-0.15, -0.1) is 0 Å². The van der Waals surface area contributed by atoms with Gasteiger partial charge in [-0.3, -0.25) is 11.5 Å². The van der Waals surface area contributed by atoms with E-state index >= 15 is 0 Å². The van der Waals surface area contributed by atoms with Crippen molar-refractivity contribution < 1.29 is 0 Å². The van der Waals surface area contributed by atoms with Gasteiger partial charge in [-0.2, -0.15) is 10.5 Å². The van der Waals surface area contributed by atoms with E-state index in [0.717, 1.165) is 11.5 Å². The number of hydrogen-bond acceptors (Lipinski definition) is 0. The van der Waals surface area contributed by atoms with Crippen molar-refractivity contribution in [2.24, 2.45) is 11.5 Å². The molecule has 0 rings (SSSR count). The second-order valence-corrected chi connectivity index (χ2v) is 4.08. The van der Waals surface area contributed by atoms with Crippen LogP contribution in [0.15, 0.2) is 0 Å². The third-order valence-corrected chi connectivity index (χ3v) is 3.09. The van der Waals surface area contributed by atoms with Gasteiger partial charge in [-0.25, -0.2) is 0 Å². The van der Waals surface area contributed by atoms with Crippen LogP contribution in [0.1, 0.15) is 13.8 Å². The van der Waals surface area contributed by atoms with Gasteiger partial charge in [0.05, 0.1) is 5.11 Å². The molecule has 0 fully saturated rings. The van der Waals surface area contributed by atoms with Crippen LogP contribution in [-0.4, -0.2) is 16.6 Å². The van der Waals surface area contributed by atoms with Crippen LogP contribution in [0, 0.1) is 0 Å². The Balaban J connectivity index is 3.86. The molecule has 0 aromatic heterocycles. The number of nitrogens with two attached hydrogens (primary N) is 2. The van der Waals surface area contributed by atoms with Crippen molar-refractivity contribution in [2.75, 3.05) is 11.5 Å². The highest BCUT2D eigenvalue weighted by Crippen LogP contribution is 2.08. The van der Waals surface area contributed by atoms with E-state index in [-0.39, 0.29) is 10.5 Å². The average molecular weight is 134 g/mol. The van der Waals surface area contributed by atoms with Crippen molar-refractivity contribution in [3.05, 3.63) is 0 Å². The Morgan fingerprint density at radius 3 is 1.62 bits per heavy atom. The minimum Gasteiger partial charge on any atom is -0.289 e. The summed E-state index contributed by atoms with van der Waals surface area (Å²) in [6.45, 7) is 4.21. The third kappa shape index (κ3) is 2.45. The summed E-state index contributed by atoms with van der Waals surface area (Å²) in [5.41, 5.74) is 10.7. The fourth-order valence-electron chi connectivity index (χ4n) is 0.537. The lowest BCUT2D eigenvalue weighted by Gasteiger charge is -2.02. The van der Waals surface area contributed by atoms with Gasteiger partial charge in [-0.1, -0.05) is 13.8 Å². The smallest absolute Gasteiger partial charge is 0.0774 e. The zero-order valence-electron chi connectivity index (χ0n) is 5.48. The average Bonchev–Trinajstić information content (AvgIpc) is 1.69. The molecule has 0 aliphatic heterocycles. The molecule has 8 heavy (non-hydrogen) atoms. The first-order chi connectivity index (χ1) is 3.72. The molecule has 0 aliphatic carbocycles. The van der Waals surface area contributed by atoms with Crippen LogP contribution in [0.2, 0.25) is 0 Å². The topological polar surface area (TPSA) is 52.0 Å². The van der Waals surface area contributed by atoms with E-state index in [9.17, 15) is 0 Å². The van der Waals surface area contributed by atoms with E-state index in [1.165, 1.54) is 0 Å². The standard InChI is InChI=1S/C5H14N2S/c1-3-8(4-2)5(6)7/h3-4,6-7H2,1-2H3. The van der Waals surface area contributed by atoms with E-state index in [0.29, 0.717) is 5.11 Å². The SMILES string of the molecule is CCS(CC)=C(N)N. The molecule has 0 radical (unpaired) electrons. The predicted octanol–water partition coefficient (Wildman–Crippen LogP) is 0.300. The molecule has 0 atom stereocenters. The molecule has 0 aromatic carbocycles. The van der Waals surface area contributed by atoms with Gasteiger partial charge in [0.15, 0.2) is 0 Å². The Labute approximate surface area is 53.2 Å². The largest absolute Gasteiger partial charge is 0.289 e. The summed E-state index contributed by atoms with van der Waals surface area (Å²) in [4.78, 5) is 0. The van der Waals surface area contributed by atoms with E-state index in [2.05, 4.69) is 13.8 Å². The first-order valence-corrected chi connectivity index (χ1v) is 4.34. The second-order valence-electron chi connectivity index (χ2n) is 1.47. The van der Waals surface area contributed by atoms with Crippen molar-refractivity contribution in [2.45, 2.75) is 13.8 Å². The van der Waals surface area contributed by atoms with Gasteiger partial charge >= 0.3 is 0 Å². The Hall–Kier alpha value is 0.140.